The van der Waals surface area contributed by atoms with E-state index in [0.717, 1.165) is 5.56 Å². The second kappa shape index (κ2) is 5.53. The molecule has 1 heterocycles. The molecule has 1 amide bonds. The van der Waals surface area contributed by atoms with Crippen LogP contribution in [-0.2, 0) is 4.79 Å². The molecule has 0 spiro atoms. The number of carbonyl (C=O) groups is 2. The zero-order valence-corrected chi connectivity index (χ0v) is 11.9. The highest BCUT2D eigenvalue weighted by Gasteiger charge is 2.37. The lowest BCUT2D eigenvalue weighted by Crippen LogP contribution is -2.30. The Morgan fingerprint density at radius 2 is 2.05 bits per heavy atom. The fourth-order valence-electron chi connectivity index (χ4n) is 2.61. The zero-order chi connectivity index (χ0) is 14.9. The van der Waals surface area contributed by atoms with E-state index in [4.69, 9.17) is 9.84 Å². The van der Waals surface area contributed by atoms with Gasteiger partial charge in [-0.3, -0.25) is 9.59 Å². The van der Waals surface area contributed by atoms with E-state index in [9.17, 15) is 9.59 Å². The first kappa shape index (κ1) is 14.4. The third-order valence-electron chi connectivity index (χ3n) is 3.80. The minimum atomic E-state index is -0.844. The molecule has 2 rings (SSSR count). The predicted octanol–water partition coefficient (Wildman–Crippen LogP) is 1.80. The molecule has 2 atom stereocenters. The first-order valence-electron chi connectivity index (χ1n) is 6.60. The second-order valence-electron chi connectivity index (χ2n) is 5.34. The molecule has 1 N–H and O–H groups in total. The molecule has 0 radical (unpaired) electrons. The number of methoxy groups -OCH3 is 1. The maximum absolute atomic E-state index is 12.5. The Bertz CT molecular complexity index is 541. The monoisotopic (exact) mass is 277 g/mol. The number of carbonyl (C=O) groups excluding carboxylic acids is 1. The topological polar surface area (TPSA) is 66.8 Å². The first-order chi connectivity index (χ1) is 9.43. The highest BCUT2D eigenvalue weighted by atomic mass is 16.5. The molecule has 0 aromatic heterocycles. The maximum atomic E-state index is 12.5. The van der Waals surface area contributed by atoms with Crippen molar-refractivity contribution < 1.29 is 19.4 Å². The Hall–Kier alpha value is -2.04. The van der Waals surface area contributed by atoms with Crippen molar-refractivity contribution in [2.24, 2.45) is 11.8 Å². The summed E-state index contributed by atoms with van der Waals surface area (Å²) in [6.07, 6.45) is 0. The van der Waals surface area contributed by atoms with Gasteiger partial charge < -0.3 is 14.7 Å². The van der Waals surface area contributed by atoms with Crippen molar-refractivity contribution >= 4 is 11.9 Å². The van der Waals surface area contributed by atoms with Crippen LogP contribution in [0.1, 0.15) is 22.8 Å². The van der Waals surface area contributed by atoms with E-state index >= 15 is 0 Å². The van der Waals surface area contributed by atoms with Gasteiger partial charge in [-0.25, -0.2) is 0 Å². The number of carboxylic acid groups (broad SMARTS) is 1. The molecule has 1 fully saturated rings. The van der Waals surface area contributed by atoms with Crippen molar-refractivity contribution in [1.82, 2.24) is 4.90 Å². The van der Waals surface area contributed by atoms with E-state index in [1.165, 1.54) is 7.11 Å². The Morgan fingerprint density at radius 3 is 2.60 bits per heavy atom. The average Bonchev–Trinajstić information content (AvgIpc) is 2.80. The van der Waals surface area contributed by atoms with Crippen LogP contribution in [0.3, 0.4) is 0 Å². The summed E-state index contributed by atoms with van der Waals surface area (Å²) in [5.74, 6) is -1.01. The number of ether oxygens (including phenoxy) is 1. The van der Waals surface area contributed by atoms with Gasteiger partial charge in [0.1, 0.15) is 5.75 Å². The number of nitrogens with zero attached hydrogens (tertiary/aromatic N) is 1. The van der Waals surface area contributed by atoms with Crippen LogP contribution >= 0.6 is 0 Å². The van der Waals surface area contributed by atoms with Gasteiger partial charge in [-0.2, -0.15) is 0 Å². The lowest BCUT2D eigenvalue weighted by atomic mass is 9.99. The molecular formula is C15H19NO4. The van der Waals surface area contributed by atoms with Gasteiger partial charge in [0.2, 0.25) is 0 Å². The summed E-state index contributed by atoms with van der Waals surface area (Å²) in [5.41, 5.74) is 1.46. The molecule has 20 heavy (non-hydrogen) atoms. The van der Waals surface area contributed by atoms with E-state index in [-0.39, 0.29) is 18.4 Å². The van der Waals surface area contributed by atoms with Gasteiger partial charge in [-0.15, -0.1) is 0 Å². The van der Waals surface area contributed by atoms with Crippen LogP contribution in [0.4, 0.5) is 0 Å². The molecular weight excluding hydrogens is 258 g/mol. The van der Waals surface area contributed by atoms with E-state index in [0.29, 0.717) is 17.9 Å². The number of likely N-dealkylation sites (tertiary alicyclic amines) is 1. The van der Waals surface area contributed by atoms with Crippen molar-refractivity contribution in [3.63, 3.8) is 0 Å². The van der Waals surface area contributed by atoms with Crippen LogP contribution in [0.5, 0.6) is 5.75 Å². The molecule has 0 bridgehead atoms. The Balaban J connectivity index is 2.25. The van der Waals surface area contributed by atoms with Crippen molar-refractivity contribution in [3.05, 3.63) is 29.3 Å². The Morgan fingerprint density at radius 1 is 1.35 bits per heavy atom. The number of aryl methyl sites for hydroxylation is 1. The standard InChI is InChI=1S/C15H19NO4/c1-9-4-5-13(20-3)11(6-9)14(17)16-7-10(2)12(8-16)15(18)19/h4-6,10,12H,7-8H2,1-3H3,(H,18,19)/t10-,12-/m1/s1. The normalized spacial score (nSPS) is 21.9. The highest BCUT2D eigenvalue weighted by Crippen LogP contribution is 2.28. The number of hydrogen-bond acceptors (Lipinski definition) is 3. The molecule has 5 heteroatoms. The highest BCUT2D eigenvalue weighted by molar-refractivity contribution is 5.97. The number of benzene rings is 1. The number of aliphatic carboxylic acids is 1. The molecule has 0 saturated carbocycles. The van der Waals surface area contributed by atoms with Gasteiger partial charge in [0, 0.05) is 13.1 Å². The summed E-state index contributed by atoms with van der Waals surface area (Å²) in [4.78, 5) is 25.3. The average molecular weight is 277 g/mol. The smallest absolute Gasteiger partial charge is 0.308 e. The maximum Gasteiger partial charge on any atom is 0.308 e. The van der Waals surface area contributed by atoms with Crippen molar-refractivity contribution in [2.75, 3.05) is 20.2 Å². The van der Waals surface area contributed by atoms with Crippen molar-refractivity contribution in [1.29, 1.82) is 0 Å². The fraction of sp³-hybridized carbons (Fsp3) is 0.467. The number of hydrogen-bond donors (Lipinski definition) is 1. The minimum Gasteiger partial charge on any atom is -0.496 e. The molecule has 5 nitrogen and oxygen atoms in total. The van der Waals surface area contributed by atoms with E-state index in [1.807, 2.05) is 19.9 Å². The minimum absolute atomic E-state index is 0.0349. The van der Waals surface area contributed by atoms with Gasteiger partial charge in [-0.1, -0.05) is 18.6 Å². The Kier molecular flexibility index (Phi) is 3.97. The summed E-state index contributed by atoms with van der Waals surface area (Å²) >= 11 is 0. The third kappa shape index (κ3) is 2.61. The number of amides is 1. The molecule has 1 aliphatic rings. The van der Waals surface area contributed by atoms with E-state index in [1.54, 1.807) is 17.0 Å². The summed E-state index contributed by atoms with van der Waals surface area (Å²) in [6, 6.07) is 5.42. The summed E-state index contributed by atoms with van der Waals surface area (Å²) in [5, 5.41) is 9.14. The van der Waals surface area contributed by atoms with Gasteiger partial charge in [0.05, 0.1) is 18.6 Å². The third-order valence-corrected chi connectivity index (χ3v) is 3.80. The van der Waals surface area contributed by atoms with E-state index in [2.05, 4.69) is 0 Å². The molecule has 0 aliphatic carbocycles. The van der Waals surface area contributed by atoms with E-state index < -0.39 is 11.9 Å². The van der Waals surface area contributed by atoms with Crippen molar-refractivity contribution in [2.45, 2.75) is 13.8 Å². The molecule has 1 aromatic carbocycles. The predicted molar refractivity (Wildman–Crippen MR) is 73.9 cm³/mol. The molecule has 1 aromatic rings. The first-order valence-corrected chi connectivity index (χ1v) is 6.60. The SMILES string of the molecule is COc1ccc(C)cc1C(=O)N1C[C@@H](C)[C@H](C(=O)O)C1. The van der Waals surface area contributed by atoms with Crippen LogP contribution < -0.4 is 4.74 Å². The molecule has 1 aliphatic heterocycles. The zero-order valence-electron chi connectivity index (χ0n) is 11.9. The van der Waals surface area contributed by atoms with Crippen LogP contribution in [-0.4, -0.2) is 42.1 Å². The van der Waals surface area contributed by atoms with Gasteiger partial charge in [-0.05, 0) is 25.0 Å². The van der Waals surface area contributed by atoms with Crippen molar-refractivity contribution in [3.8, 4) is 5.75 Å². The molecule has 0 unspecified atom stereocenters. The summed E-state index contributed by atoms with van der Waals surface area (Å²) in [7, 11) is 1.52. The van der Waals surface area contributed by atoms with Crippen LogP contribution in [0.25, 0.3) is 0 Å². The van der Waals surface area contributed by atoms with Crippen LogP contribution in [0.15, 0.2) is 18.2 Å². The lowest BCUT2D eigenvalue weighted by molar-refractivity contribution is -0.142. The lowest BCUT2D eigenvalue weighted by Gasteiger charge is -2.18. The quantitative estimate of drug-likeness (QED) is 0.914. The number of carboxylic acids is 1. The van der Waals surface area contributed by atoms with Gasteiger partial charge >= 0.3 is 5.97 Å². The Labute approximate surface area is 118 Å². The largest absolute Gasteiger partial charge is 0.496 e. The van der Waals surface area contributed by atoms with Gasteiger partial charge in [0.25, 0.3) is 5.91 Å². The fourth-order valence-corrected chi connectivity index (χ4v) is 2.61. The second-order valence-corrected chi connectivity index (χ2v) is 5.34. The molecule has 108 valence electrons. The summed E-state index contributed by atoms with van der Waals surface area (Å²) < 4.78 is 5.22. The molecule has 1 saturated heterocycles. The number of rotatable bonds is 3. The van der Waals surface area contributed by atoms with Crippen LogP contribution in [0.2, 0.25) is 0 Å². The van der Waals surface area contributed by atoms with Crippen LogP contribution in [0, 0.1) is 18.8 Å². The van der Waals surface area contributed by atoms with Gasteiger partial charge in [0.15, 0.2) is 0 Å². The summed E-state index contributed by atoms with van der Waals surface area (Å²) in [6.45, 7) is 4.49.